The van der Waals surface area contributed by atoms with Crippen LogP contribution in [-0.2, 0) is 33.3 Å². The minimum absolute atomic E-state index is 0. The van der Waals surface area contributed by atoms with Gasteiger partial charge >= 0.3 is 26.2 Å². The molecule has 0 saturated carbocycles. The molecule has 0 aliphatic heterocycles. The number of benzene rings is 2. The first-order chi connectivity index (χ1) is 11.3. The number of nitrogens with zero attached hydrogens (tertiary/aromatic N) is 1. The third kappa shape index (κ3) is 4.04. The Morgan fingerprint density at radius 3 is 2.46 bits per heavy atom. The van der Waals surface area contributed by atoms with Crippen molar-refractivity contribution in [2.45, 2.75) is 13.3 Å². The number of rotatable bonds is 0. The van der Waals surface area contributed by atoms with E-state index in [0.29, 0.717) is 0 Å². The maximum atomic E-state index is 2.99. The number of hydrogen-bond donors (Lipinski definition) is 0. The summed E-state index contributed by atoms with van der Waals surface area (Å²) in [5, 5.41) is 5.42. The first-order valence-electron chi connectivity index (χ1n) is 8.00. The summed E-state index contributed by atoms with van der Waals surface area (Å²) in [5.74, 6) is 0. The van der Waals surface area contributed by atoms with Crippen LogP contribution in [0.4, 0.5) is 0 Å². The zero-order chi connectivity index (χ0) is 15.8. The number of hydrogen-bond acceptors (Lipinski definition) is 0. The van der Waals surface area contributed by atoms with Crippen LogP contribution in [0.5, 0.6) is 0 Å². The van der Waals surface area contributed by atoms with Gasteiger partial charge in [-0.05, 0) is 18.5 Å². The third-order valence-corrected chi connectivity index (χ3v) is 4.50. The maximum Gasteiger partial charge on any atom is 2.00 e. The van der Waals surface area contributed by atoms with E-state index in [1.165, 1.54) is 38.1 Å². The fraction of sp³-hybridized carbons (Fsp3) is 0.136. The molecule has 0 saturated heterocycles. The molecule has 0 fully saturated rings. The molecule has 1 aromatic heterocycles. The smallest absolute Gasteiger partial charge is 0.388 e. The second-order valence-corrected chi connectivity index (χ2v) is 6.08. The average molecular weight is 462 g/mol. The molecule has 4 aromatic rings. The summed E-state index contributed by atoms with van der Waals surface area (Å²) in [6.07, 6.45) is 10.0. The van der Waals surface area contributed by atoms with Crippen LogP contribution in [0.15, 0.2) is 66.8 Å². The monoisotopic (exact) mass is 459 g/mol. The molecule has 3 aromatic carbocycles. The third-order valence-electron chi connectivity index (χ3n) is 4.50. The van der Waals surface area contributed by atoms with Crippen molar-refractivity contribution >= 4 is 57.4 Å². The molecule has 0 atom stereocenters. The Bertz CT molecular complexity index is 1060. The molecule has 0 unspecified atom stereocenters. The van der Waals surface area contributed by atoms with E-state index >= 15 is 0 Å². The van der Waals surface area contributed by atoms with Gasteiger partial charge in [-0.1, -0.05) is 52.1 Å². The van der Waals surface area contributed by atoms with Crippen molar-refractivity contribution in [3.05, 3.63) is 78.4 Å². The van der Waals surface area contributed by atoms with Crippen LogP contribution in [0.2, 0.25) is 0 Å². The van der Waals surface area contributed by atoms with Gasteiger partial charge < -0.3 is 4.57 Å². The molecular formula is C22H21Cl2NZr. The van der Waals surface area contributed by atoms with E-state index in [1.54, 1.807) is 0 Å². The van der Waals surface area contributed by atoms with Crippen molar-refractivity contribution in [2.75, 3.05) is 0 Å². The van der Waals surface area contributed by atoms with Crippen molar-refractivity contribution in [1.29, 1.82) is 0 Å². The van der Waals surface area contributed by atoms with Crippen LogP contribution in [0.1, 0.15) is 12.0 Å². The van der Waals surface area contributed by atoms with E-state index in [-0.39, 0.29) is 51.0 Å². The Labute approximate surface area is 186 Å². The Balaban J connectivity index is 0.000000372. The van der Waals surface area contributed by atoms with Gasteiger partial charge in [0.1, 0.15) is 0 Å². The van der Waals surface area contributed by atoms with Gasteiger partial charge in [-0.15, -0.1) is 48.8 Å². The van der Waals surface area contributed by atoms with Crippen LogP contribution in [-0.4, -0.2) is 4.57 Å². The van der Waals surface area contributed by atoms with Gasteiger partial charge in [0.15, 0.2) is 0 Å². The quantitative estimate of drug-likeness (QED) is 0.258. The van der Waals surface area contributed by atoms with Crippen molar-refractivity contribution < 1.29 is 26.2 Å². The summed E-state index contributed by atoms with van der Waals surface area (Å²) in [7, 11) is 2.16. The maximum absolute atomic E-state index is 2.99. The van der Waals surface area contributed by atoms with E-state index < -0.39 is 0 Å². The molecule has 0 spiro atoms. The van der Waals surface area contributed by atoms with Gasteiger partial charge in [-0.2, -0.15) is 6.08 Å². The van der Waals surface area contributed by atoms with E-state index in [2.05, 4.69) is 79.2 Å². The Morgan fingerprint density at radius 1 is 1.04 bits per heavy atom. The summed E-state index contributed by atoms with van der Waals surface area (Å²) in [6.45, 7) is 2.15. The fourth-order valence-electron chi connectivity index (χ4n) is 3.39. The number of halogens is 2. The molecule has 4 heteroatoms. The largest absolute Gasteiger partial charge is 2.00 e. The molecule has 0 N–H and O–H groups in total. The summed E-state index contributed by atoms with van der Waals surface area (Å²) < 4.78 is 2.31. The zero-order valence-corrected chi connectivity index (χ0v) is 18.9. The molecule has 1 nitrogen and oxygen atoms in total. The second kappa shape index (κ2) is 9.65. The first-order valence-corrected chi connectivity index (χ1v) is 8.00. The van der Waals surface area contributed by atoms with Crippen molar-refractivity contribution in [2.24, 2.45) is 7.05 Å². The minimum atomic E-state index is 0. The molecule has 1 aliphatic rings. The predicted molar refractivity (Wildman–Crippen MR) is 114 cm³/mol. The van der Waals surface area contributed by atoms with Gasteiger partial charge in [-0.25, -0.2) is 12.2 Å². The average Bonchev–Trinajstić information content (AvgIpc) is 3.28. The van der Waals surface area contributed by atoms with Crippen LogP contribution >= 0.6 is 24.8 Å². The molecule has 132 valence electrons. The van der Waals surface area contributed by atoms with Gasteiger partial charge in [-0.3, -0.25) is 6.08 Å². The molecule has 1 aliphatic carbocycles. The molecule has 0 bridgehead atoms. The molecule has 0 amide bonds. The molecule has 1 heterocycles. The van der Waals surface area contributed by atoms with E-state index in [4.69, 9.17) is 0 Å². The van der Waals surface area contributed by atoms with Crippen LogP contribution in [0.25, 0.3) is 32.6 Å². The topological polar surface area (TPSA) is 4.93 Å². The number of aromatic nitrogens is 1. The number of aryl methyl sites for hydroxylation is 2. The first kappa shape index (κ1) is 22.8. The van der Waals surface area contributed by atoms with Gasteiger partial charge in [0.05, 0.1) is 0 Å². The van der Waals surface area contributed by atoms with Crippen molar-refractivity contribution in [3.63, 3.8) is 0 Å². The normalized spacial score (nSPS) is 11.6. The van der Waals surface area contributed by atoms with Gasteiger partial charge in [0.2, 0.25) is 0 Å². The summed E-state index contributed by atoms with van der Waals surface area (Å²) in [5.41, 5.74) is 3.99. The summed E-state index contributed by atoms with van der Waals surface area (Å²) in [4.78, 5) is 0. The standard InChI is InChI=1S/C17H14N.C5H5.2ClH.Zr/c1-11-7-8-16-14(9-11)15-10-12-5-3-4-6-13(12)17(15)18(16)2;1-2-4-5-3-1;;;/h3-10H,1-2H3;1-3H,4H2;2*1H;/q2*-1;;;+2. The summed E-state index contributed by atoms with van der Waals surface area (Å²) in [6, 6.07) is 17.6. The Hall–Kier alpha value is -1.21. The van der Waals surface area contributed by atoms with E-state index in [1.807, 2.05) is 12.2 Å². The van der Waals surface area contributed by atoms with Crippen LogP contribution < -0.4 is 0 Å². The summed E-state index contributed by atoms with van der Waals surface area (Å²) >= 11 is 0. The van der Waals surface area contributed by atoms with E-state index in [9.17, 15) is 0 Å². The Kier molecular flexibility index (Phi) is 8.47. The molecule has 5 rings (SSSR count). The molecular weight excluding hydrogens is 440 g/mol. The predicted octanol–water partition coefficient (Wildman–Crippen LogP) is 6.66. The Morgan fingerprint density at radius 2 is 1.81 bits per heavy atom. The van der Waals surface area contributed by atoms with Gasteiger partial charge in [0.25, 0.3) is 0 Å². The number of allylic oxidation sites excluding steroid dienone is 4. The number of fused-ring (bicyclic) bond motifs is 5. The van der Waals surface area contributed by atoms with Crippen LogP contribution in [0, 0.1) is 13.0 Å². The fourth-order valence-corrected chi connectivity index (χ4v) is 3.39. The molecule has 26 heavy (non-hydrogen) atoms. The molecule has 0 radical (unpaired) electrons. The van der Waals surface area contributed by atoms with Crippen LogP contribution in [0.3, 0.4) is 0 Å². The zero-order valence-electron chi connectivity index (χ0n) is 14.8. The van der Waals surface area contributed by atoms with E-state index in [0.717, 1.165) is 6.42 Å². The van der Waals surface area contributed by atoms with Crippen molar-refractivity contribution in [1.82, 2.24) is 4.57 Å². The van der Waals surface area contributed by atoms with Gasteiger partial charge in [0, 0.05) is 12.6 Å². The minimum Gasteiger partial charge on any atom is -0.388 e. The van der Waals surface area contributed by atoms with Crippen molar-refractivity contribution in [3.8, 4) is 0 Å². The second-order valence-electron chi connectivity index (χ2n) is 6.08. The SMILES string of the molecule is Cc1ccc2c(c1)c1[cH-]c3ccccc3c1n2C.Cl.Cl.[C-]1=CC=CC1.[Zr+2].